The van der Waals surface area contributed by atoms with E-state index in [0.717, 1.165) is 40.9 Å². The lowest BCUT2D eigenvalue weighted by atomic mass is 10.0. The predicted molar refractivity (Wildman–Crippen MR) is 142 cm³/mol. The summed E-state index contributed by atoms with van der Waals surface area (Å²) in [7, 11) is 5.83. The SMILES string of the molecule is COc1ccc2nc(C)nc(SCC(=O)c3ccc(C(=O)NC4CCCCC(N(C)C)C4)s3)c2c1. The minimum Gasteiger partial charge on any atom is -0.497 e. The highest BCUT2D eigenvalue weighted by molar-refractivity contribution is 8.00. The molecule has 0 saturated heterocycles. The summed E-state index contributed by atoms with van der Waals surface area (Å²) in [5.74, 6) is 1.50. The summed E-state index contributed by atoms with van der Waals surface area (Å²) >= 11 is 2.64. The number of nitrogens with one attached hydrogen (secondary N) is 1. The number of ketones is 1. The van der Waals surface area contributed by atoms with Gasteiger partial charge in [0.15, 0.2) is 5.78 Å². The number of thiophene rings is 1. The monoisotopic (exact) mass is 512 g/mol. The molecule has 1 amide bonds. The Kier molecular flexibility index (Phi) is 8.41. The maximum Gasteiger partial charge on any atom is 0.261 e. The lowest BCUT2D eigenvalue weighted by Crippen LogP contribution is -2.39. The van der Waals surface area contributed by atoms with Crippen LogP contribution >= 0.6 is 23.1 Å². The number of carbonyl (C=O) groups excluding carboxylic acids is 2. The summed E-state index contributed by atoms with van der Waals surface area (Å²) in [4.78, 5) is 38.3. The summed E-state index contributed by atoms with van der Waals surface area (Å²) < 4.78 is 5.34. The molecule has 1 saturated carbocycles. The predicted octanol–water partition coefficient (Wildman–Crippen LogP) is 4.98. The average Bonchev–Trinajstić information content (AvgIpc) is 3.22. The molecule has 9 heteroatoms. The van der Waals surface area contributed by atoms with Crippen LogP contribution in [-0.4, -0.2) is 65.6 Å². The molecule has 0 radical (unpaired) electrons. The quantitative estimate of drug-likeness (QED) is 0.197. The second kappa shape index (κ2) is 11.5. The molecule has 2 aromatic heterocycles. The van der Waals surface area contributed by atoms with Crippen LogP contribution in [0.25, 0.3) is 10.9 Å². The number of amides is 1. The zero-order chi connectivity index (χ0) is 24.9. The first-order valence-corrected chi connectivity index (χ1v) is 13.7. The van der Waals surface area contributed by atoms with Gasteiger partial charge in [-0.25, -0.2) is 9.97 Å². The molecule has 2 unspecified atom stereocenters. The maximum absolute atomic E-state index is 12.9. The van der Waals surface area contributed by atoms with Gasteiger partial charge in [-0.15, -0.1) is 11.3 Å². The van der Waals surface area contributed by atoms with Gasteiger partial charge in [-0.1, -0.05) is 24.6 Å². The molecular weight excluding hydrogens is 480 g/mol. The van der Waals surface area contributed by atoms with E-state index in [0.29, 0.717) is 21.6 Å². The molecule has 0 bridgehead atoms. The number of fused-ring (bicyclic) bond motifs is 1. The highest BCUT2D eigenvalue weighted by Crippen LogP contribution is 2.30. The smallest absolute Gasteiger partial charge is 0.261 e. The molecule has 0 aliphatic heterocycles. The average molecular weight is 513 g/mol. The fourth-order valence-electron chi connectivity index (χ4n) is 4.43. The number of hydrogen-bond acceptors (Lipinski definition) is 8. The minimum atomic E-state index is -0.0874. The number of nitrogens with zero attached hydrogens (tertiary/aromatic N) is 3. The van der Waals surface area contributed by atoms with E-state index in [2.05, 4.69) is 34.3 Å². The van der Waals surface area contributed by atoms with E-state index in [1.807, 2.05) is 25.1 Å². The van der Waals surface area contributed by atoms with E-state index < -0.39 is 0 Å². The van der Waals surface area contributed by atoms with Crippen LogP contribution in [0.1, 0.15) is 57.3 Å². The molecule has 3 aromatic rings. The maximum atomic E-state index is 12.9. The number of aromatic nitrogens is 2. The van der Waals surface area contributed by atoms with Crippen LogP contribution in [0.15, 0.2) is 35.4 Å². The number of Topliss-reactive ketones (excluding diaryl/α,β-unsaturated/α-hetero) is 1. The Balaban J connectivity index is 1.40. The number of thioether (sulfide) groups is 1. The fraction of sp³-hybridized carbons (Fsp3) is 0.462. The number of hydrogen-bond donors (Lipinski definition) is 1. The van der Waals surface area contributed by atoms with Crippen molar-refractivity contribution in [1.29, 1.82) is 0 Å². The fourth-order valence-corrected chi connectivity index (χ4v) is 6.31. The molecule has 7 nitrogen and oxygen atoms in total. The van der Waals surface area contributed by atoms with Gasteiger partial charge in [-0.3, -0.25) is 9.59 Å². The van der Waals surface area contributed by atoms with Gasteiger partial charge in [0.2, 0.25) is 0 Å². The third-order valence-electron chi connectivity index (χ3n) is 6.39. The van der Waals surface area contributed by atoms with Gasteiger partial charge in [0.05, 0.1) is 28.1 Å². The van der Waals surface area contributed by atoms with Crippen LogP contribution in [0, 0.1) is 6.92 Å². The molecular formula is C26H32N4O3S2. The van der Waals surface area contributed by atoms with E-state index in [4.69, 9.17) is 4.74 Å². The lowest BCUT2D eigenvalue weighted by molar-refractivity contribution is 0.0931. The Morgan fingerprint density at radius 2 is 1.91 bits per heavy atom. The van der Waals surface area contributed by atoms with Crippen LogP contribution in [-0.2, 0) is 0 Å². The van der Waals surface area contributed by atoms with Crippen molar-refractivity contribution in [3.63, 3.8) is 0 Å². The van der Waals surface area contributed by atoms with E-state index in [1.54, 1.807) is 19.2 Å². The lowest BCUT2D eigenvalue weighted by Gasteiger charge is -2.26. The number of aryl methyl sites for hydroxylation is 1. The van der Waals surface area contributed by atoms with E-state index in [1.165, 1.54) is 35.9 Å². The van der Waals surface area contributed by atoms with Crippen LogP contribution in [0.4, 0.5) is 0 Å². The standard InChI is InChI=1S/C26H32N4O3S2/c1-16-27-21-10-9-19(33-4)14-20(21)26(28-16)34-15-22(31)23-11-12-24(35-23)25(32)29-17-7-5-6-8-18(13-17)30(2)3/h9-12,14,17-18H,5-8,13,15H2,1-4H3,(H,29,32). The first-order chi connectivity index (χ1) is 16.8. The normalized spacial score (nSPS) is 18.4. The first-order valence-electron chi connectivity index (χ1n) is 11.9. The van der Waals surface area contributed by atoms with Gasteiger partial charge < -0.3 is 15.0 Å². The molecule has 2 atom stereocenters. The van der Waals surface area contributed by atoms with Crippen molar-refractivity contribution in [3.8, 4) is 5.75 Å². The molecule has 1 aliphatic carbocycles. The van der Waals surface area contributed by atoms with Crippen molar-refractivity contribution >= 4 is 45.7 Å². The summed E-state index contributed by atoms with van der Waals surface area (Å²) in [6.45, 7) is 1.84. The molecule has 0 spiro atoms. The molecule has 35 heavy (non-hydrogen) atoms. The Morgan fingerprint density at radius 1 is 1.14 bits per heavy atom. The highest BCUT2D eigenvalue weighted by Gasteiger charge is 2.24. The van der Waals surface area contributed by atoms with E-state index >= 15 is 0 Å². The molecule has 1 fully saturated rings. The summed E-state index contributed by atoms with van der Waals surface area (Å²) in [5, 5.41) is 4.81. The summed E-state index contributed by atoms with van der Waals surface area (Å²) in [6, 6.07) is 9.82. The number of rotatable bonds is 8. The summed E-state index contributed by atoms with van der Waals surface area (Å²) in [5.41, 5.74) is 0.818. The van der Waals surface area contributed by atoms with Gasteiger partial charge >= 0.3 is 0 Å². The van der Waals surface area contributed by atoms with Gasteiger partial charge in [-0.2, -0.15) is 0 Å². The number of carbonyl (C=O) groups is 2. The van der Waals surface area contributed by atoms with Crippen molar-refractivity contribution < 1.29 is 14.3 Å². The van der Waals surface area contributed by atoms with E-state index in [-0.39, 0.29) is 23.5 Å². The number of methoxy groups -OCH3 is 1. The minimum absolute atomic E-state index is 0.0199. The zero-order valence-corrected chi connectivity index (χ0v) is 22.3. The Bertz CT molecular complexity index is 1210. The Hall–Kier alpha value is -2.49. The second-order valence-electron chi connectivity index (χ2n) is 9.14. The van der Waals surface area contributed by atoms with Crippen molar-refractivity contribution in [2.24, 2.45) is 0 Å². The molecule has 1 N–H and O–H groups in total. The largest absolute Gasteiger partial charge is 0.497 e. The van der Waals surface area contributed by atoms with Crippen molar-refractivity contribution in [2.45, 2.75) is 56.1 Å². The number of benzene rings is 1. The van der Waals surface area contributed by atoms with Crippen LogP contribution in [0.3, 0.4) is 0 Å². The number of ether oxygens (including phenoxy) is 1. The van der Waals surface area contributed by atoms with Crippen LogP contribution in [0.2, 0.25) is 0 Å². The third kappa shape index (κ3) is 6.39. The molecule has 1 aromatic carbocycles. The first kappa shape index (κ1) is 25.6. The van der Waals surface area contributed by atoms with Crippen LogP contribution < -0.4 is 10.1 Å². The third-order valence-corrected chi connectivity index (χ3v) is 8.50. The Morgan fingerprint density at radius 3 is 2.69 bits per heavy atom. The molecule has 1 aliphatic rings. The molecule has 186 valence electrons. The van der Waals surface area contributed by atoms with Gasteiger partial charge in [0.25, 0.3) is 5.91 Å². The van der Waals surface area contributed by atoms with Crippen LogP contribution in [0.5, 0.6) is 5.75 Å². The van der Waals surface area contributed by atoms with Crippen molar-refractivity contribution in [3.05, 3.63) is 45.9 Å². The summed E-state index contributed by atoms with van der Waals surface area (Å²) in [6.07, 6.45) is 5.45. The van der Waals surface area contributed by atoms with Crippen molar-refractivity contribution in [1.82, 2.24) is 20.2 Å². The van der Waals surface area contributed by atoms with Crippen molar-refractivity contribution in [2.75, 3.05) is 27.0 Å². The topological polar surface area (TPSA) is 84.4 Å². The van der Waals surface area contributed by atoms with Gasteiger partial charge in [0, 0.05) is 17.5 Å². The van der Waals surface area contributed by atoms with Gasteiger partial charge in [0.1, 0.15) is 16.6 Å². The molecule has 4 rings (SSSR count). The van der Waals surface area contributed by atoms with E-state index in [9.17, 15) is 9.59 Å². The Labute approximate surface area is 214 Å². The zero-order valence-electron chi connectivity index (χ0n) is 20.7. The van der Waals surface area contributed by atoms with Gasteiger partial charge in [-0.05, 0) is 70.6 Å². The second-order valence-corrected chi connectivity index (χ2v) is 11.2. The highest BCUT2D eigenvalue weighted by atomic mass is 32.2. The molecule has 2 heterocycles.